The topological polar surface area (TPSA) is 118 Å². The third-order valence-electron chi connectivity index (χ3n) is 4.83. The van der Waals surface area contributed by atoms with E-state index in [1.165, 1.54) is 6.07 Å². The van der Waals surface area contributed by atoms with Crippen molar-refractivity contribution in [1.29, 1.82) is 5.26 Å². The molecule has 1 saturated heterocycles. The Hall–Kier alpha value is -3.57. The molecule has 162 valence electrons. The zero-order chi connectivity index (χ0) is 22.4. The highest BCUT2D eigenvalue weighted by atomic mass is 16.5. The number of nitrogens with two attached hydrogens (primary N) is 1. The number of nitrogens with zero attached hydrogens (tertiary/aromatic N) is 2. The number of nitriles is 1. The molecule has 31 heavy (non-hydrogen) atoms. The summed E-state index contributed by atoms with van der Waals surface area (Å²) in [4.78, 5) is 26.5. The van der Waals surface area contributed by atoms with Crippen molar-refractivity contribution in [3.05, 3.63) is 48.0 Å². The summed E-state index contributed by atoms with van der Waals surface area (Å²) in [6.07, 6.45) is -0.242. The number of anilines is 3. The number of amides is 2. The van der Waals surface area contributed by atoms with E-state index in [1.807, 2.05) is 19.9 Å². The maximum Gasteiger partial charge on any atom is 0.265 e. The van der Waals surface area contributed by atoms with Crippen LogP contribution in [0, 0.1) is 17.2 Å². The van der Waals surface area contributed by atoms with Crippen LogP contribution in [-0.2, 0) is 14.3 Å². The van der Waals surface area contributed by atoms with Crippen molar-refractivity contribution in [2.24, 2.45) is 5.92 Å². The summed E-state index contributed by atoms with van der Waals surface area (Å²) < 4.78 is 11.1. The molecule has 2 aromatic carbocycles. The van der Waals surface area contributed by atoms with Gasteiger partial charge in [0.1, 0.15) is 18.4 Å². The zero-order valence-electron chi connectivity index (χ0n) is 17.6. The minimum Gasteiger partial charge on any atom is -0.481 e. The summed E-state index contributed by atoms with van der Waals surface area (Å²) in [5.41, 5.74) is 7.78. The average molecular weight is 422 g/mol. The van der Waals surface area contributed by atoms with Gasteiger partial charge in [0.2, 0.25) is 0 Å². The van der Waals surface area contributed by atoms with Gasteiger partial charge in [-0.25, -0.2) is 0 Å². The fourth-order valence-electron chi connectivity index (χ4n) is 3.25. The monoisotopic (exact) mass is 422 g/mol. The minimum absolute atomic E-state index is 0.0748. The van der Waals surface area contributed by atoms with Crippen LogP contribution in [0.2, 0.25) is 0 Å². The Labute approximate surface area is 181 Å². The molecule has 1 fully saturated rings. The van der Waals surface area contributed by atoms with E-state index in [1.54, 1.807) is 41.3 Å². The van der Waals surface area contributed by atoms with Crippen LogP contribution in [0.4, 0.5) is 17.1 Å². The highest BCUT2D eigenvalue weighted by Gasteiger charge is 2.23. The lowest BCUT2D eigenvalue weighted by molar-refractivity contribution is -0.125. The number of ether oxygens (including phenoxy) is 2. The maximum atomic E-state index is 12.9. The lowest BCUT2D eigenvalue weighted by atomic mass is 10.0. The molecule has 0 spiro atoms. The molecule has 2 amide bonds. The predicted octanol–water partition coefficient (Wildman–Crippen LogP) is 2.94. The molecule has 2 aromatic rings. The van der Waals surface area contributed by atoms with Crippen molar-refractivity contribution in [2.75, 3.05) is 35.7 Å². The van der Waals surface area contributed by atoms with Gasteiger partial charge in [-0.3, -0.25) is 9.59 Å². The zero-order valence-corrected chi connectivity index (χ0v) is 17.6. The lowest BCUT2D eigenvalue weighted by Gasteiger charge is -2.27. The molecule has 0 saturated carbocycles. The standard InChI is InChI=1S/C23H26N4O4/c1-15(2)11-21(31-19-7-8-20(25)16(12-19)13-24)23(29)26-17-3-5-18(6-4-17)27-9-10-30-14-22(27)28/h3-8,12,15,21H,9-11,14,25H2,1-2H3,(H,26,29). The summed E-state index contributed by atoms with van der Waals surface area (Å²) in [6, 6.07) is 13.9. The van der Waals surface area contributed by atoms with Crippen LogP contribution in [-0.4, -0.2) is 37.7 Å². The van der Waals surface area contributed by atoms with Crippen LogP contribution in [0.15, 0.2) is 42.5 Å². The quantitative estimate of drug-likeness (QED) is 0.663. The lowest BCUT2D eigenvalue weighted by Crippen LogP contribution is -2.41. The Morgan fingerprint density at radius 2 is 2.03 bits per heavy atom. The molecule has 0 bridgehead atoms. The SMILES string of the molecule is CC(C)CC(Oc1ccc(N)c(C#N)c1)C(=O)Nc1ccc(N2CCOCC2=O)cc1. The number of nitrogens with one attached hydrogen (secondary N) is 1. The fraction of sp³-hybridized carbons (Fsp3) is 0.348. The van der Waals surface area contributed by atoms with Gasteiger partial charge in [0.15, 0.2) is 6.10 Å². The second kappa shape index (κ2) is 9.96. The van der Waals surface area contributed by atoms with Gasteiger partial charge in [0.05, 0.1) is 12.2 Å². The summed E-state index contributed by atoms with van der Waals surface area (Å²) >= 11 is 0. The minimum atomic E-state index is -0.740. The van der Waals surface area contributed by atoms with Gasteiger partial charge < -0.3 is 25.4 Å². The second-order valence-corrected chi connectivity index (χ2v) is 7.73. The molecule has 1 heterocycles. The van der Waals surface area contributed by atoms with Crippen molar-refractivity contribution in [1.82, 2.24) is 0 Å². The average Bonchev–Trinajstić information content (AvgIpc) is 2.75. The van der Waals surface area contributed by atoms with Crippen LogP contribution < -0.4 is 20.7 Å². The first-order valence-corrected chi connectivity index (χ1v) is 10.1. The molecule has 1 unspecified atom stereocenters. The molecule has 1 aliphatic heterocycles. The molecule has 3 rings (SSSR count). The van der Waals surface area contributed by atoms with E-state index in [4.69, 9.17) is 20.5 Å². The predicted molar refractivity (Wildman–Crippen MR) is 118 cm³/mol. The summed E-state index contributed by atoms with van der Waals surface area (Å²) in [5, 5.41) is 12.0. The number of hydrogen-bond acceptors (Lipinski definition) is 6. The summed E-state index contributed by atoms with van der Waals surface area (Å²) in [5.74, 6) is 0.246. The Kier molecular flexibility index (Phi) is 7.11. The van der Waals surface area contributed by atoms with E-state index < -0.39 is 6.10 Å². The third kappa shape index (κ3) is 5.74. The van der Waals surface area contributed by atoms with Crippen LogP contribution >= 0.6 is 0 Å². The van der Waals surface area contributed by atoms with Crippen LogP contribution in [0.25, 0.3) is 0 Å². The maximum absolute atomic E-state index is 12.9. The van der Waals surface area contributed by atoms with Crippen LogP contribution in [0.3, 0.4) is 0 Å². The van der Waals surface area contributed by atoms with Crippen molar-refractivity contribution in [2.45, 2.75) is 26.4 Å². The molecule has 1 atom stereocenters. The molecular weight excluding hydrogens is 396 g/mol. The number of carbonyl (C=O) groups excluding carboxylic acids is 2. The van der Waals surface area contributed by atoms with E-state index >= 15 is 0 Å². The number of nitrogen functional groups attached to an aromatic ring is 1. The second-order valence-electron chi connectivity index (χ2n) is 7.73. The number of morpholine rings is 1. The summed E-state index contributed by atoms with van der Waals surface area (Å²) in [7, 11) is 0. The first-order chi connectivity index (χ1) is 14.9. The van der Waals surface area contributed by atoms with Crippen LogP contribution in [0.1, 0.15) is 25.8 Å². The van der Waals surface area contributed by atoms with Gasteiger partial charge in [-0.15, -0.1) is 0 Å². The fourth-order valence-corrected chi connectivity index (χ4v) is 3.25. The number of hydrogen-bond donors (Lipinski definition) is 2. The smallest absolute Gasteiger partial charge is 0.265 e. The first-order valence-electron chi connectivity index (χ1n) is 10.1. The van der Waals surface area contributed by atoms with E-state index in [9.17, 15) is 9.59 Å². The molecule has 3 N–H and O–H groups in total. The summed E-state index contributed by atoms with van der Waals surface area (Å²) in [6.45, 7) is 5.08. The van der Waals surface area contributed by atoms with Gasteiger partial charge in [0.25, 0.3) is 11.8 Å². The van der Waals surface area contributed by atoms with Crippen molar-refractivity contribution in [3.8, 4) is 11.8 Å². The van der Waals surface area contributed by atoms with Crippen molar-refractivity contribution in [3.63, 3.8) is 0 Å². The third-order valence-corrected chi connectivity index (χ3v) is 4.83. The van der Waals surface area contributed by atoms with Gasteiger partial charge >= 0.3 is 0 Å². The normalized spacial score (nSPS) is 14.8. The van der Waals surface area contributed by atoms with Crippen LogP contribution in [0.5, 0.6) is 5.75 Å². The molecule has 8 heteroatoms. The Morgan fingerprint density at radius 1 is 1.29 bits per heavy atom. The highest BCUT2D eigenvalue weighted by Crippen LogP contribution is 2.23. The van der Waals surface area contributed by atoms with E-state index in [0.717, 1.165) is 5.69 Å². The van der Waals surface area contributed by atoms with Gasteiger partial charge in [-0.2, -0.15) is 5.26 Å². The molecule has 0 radical (unpaired) electrons. The number of rotatable bonds is 7. The number of carbonyl (C=O) groups is 2. The Bertz CT molecular complexity index is 982. The number of benzene rings is 2. The molecule has 0 aromatic heterocycles. The van der Waals surface area contributed by atoms with Gasteiger partial charge in [0, 0.05) is 29.7 Å². The highest BCUT2D eigenvalue weighted by molar-refractivity contribution is 5.96. The van der Waals surface area contributed by atoms with Gasteiger partial charge in [-0.05, 0) is 48.7 Å². The molecular formula is C23H26N4O4. The molecule has 0 aliphatic carbocycles. The Balaban J connectivity index is 1.70. The van der Waals surface area contributed by atoms with E-state index in [2.05, 4.69) is 5.32 Å². The first kappa shape index (κ1) is 22.1. The van der Waals surface area contributed by atoms with E-state index in [-0.39, 0.29) is 24.3 Å². The van der Waals surface area contributed by atoms with E-state index in [0.29, 0.717) is 42.3 Å². The van der Waals surface area contributed by atoms with Gasteiger partial charge in [-0.1, -0.05) is 13.8 Å². The molecule has 1 aliphatic rings. The largest absolute Gasteiger partial charge is 0.481 e. The van der Waals surface area contributed by atoms with Crippen molar-refractivity contribution < 1.29 is 19.1 Å². The van der Waals surface area contributed by atoms with Crippen molar-refractivity contribution >= 4 is 28.9 Å². The molecule has 8 nitrogen and oxygen atoms in total. The Morgan fingerprint density at radius 3 is 2.68 bits per heavy atom.